The Morgan fingerprint density at radius 1 is 1.32 bits per heavy atom. The highest BCUT2D eigenvalue weighted by Gasteiger charge is 2.31. The second-order valence-electron chi connectivity index (χ2n) is 5.92. The summed E-state index contributed by atoms with van der Waals surface area (Å²) in [7, 11) is 0. The summed E-state index contributed by atoms with van der Waals surface area (Å²) in [5.74, 6) is -1.63. The highest BCUT2D eigenvalue weighted by atomic mass is 16.5. The first-order chi connectivity index (χ1) is 11.8. The van der Waals surface area contributed by atoms with E-state index in [4.69, 9.17) is 14.9 Å². The number of aliphatic hydroxyl groups is 1. The van der Waals surface area contributed by atoms with Gasteiger partial charge in [-0.15, -0.1) is 0 Å². The number of nitrogens with zero attached hydrogens (tertiary/aromatic N) is 1. The molecule has 0 fully saturated rings. The van der Waals surface area contributed by atoms with E-state index in [1.807, 2.05) is 13.8 Å². The quantitative estimate of drug-likeness (QED) is 0.602. The number of carboxylic acid groups (broad SMARTS) is 1. The van der Waals surface area contributed by atoms with Gasteiger partial charge in [-0.25, -0.2) is 4.79 Å². The first kappa shape index (κ1) is 18.5. The number of benzene rings is 1. The highest BCUT2D eigenvalue weighted by molar-refractivity contribution is 6.17. The minimum absolute atomic E-state index is 0.00427. The summed E-state index contributed by atoms with van der Waals surface area (Å²) in [6.45, 7) is 3.89. The number of hydrogen-bond donors (Lipinski definition) is 3. The minimum Gasteiger partial charge on any atom is -0.491 e. The van der Waals surface area contributed by atoms with E-state index in [0.29, 0.717) is 12.4 Å². The Kier molecular flexibility index (Phi) is 5.76. The molecule has 1 aromatic rings. The number of amides is 2. The van der Waals surface area contributed by atoms with Crippen LogP contribution in [-0.4, -0.2) is 52.7 Å². The van der Waals surface area contributed by atoms with Crippen molar-refractivity contribution in [3.05, 3.63) is 35.5 Å². The Morgan fingerprint density at radius 2 is 2.04 bits per heavy atom. The van der Waals surface area contributed by atoms with Gasteiger partial charge in [0.15, 0.2) is 0 Å². The van der Waals surface area contributed by atoms with Crippen molar-refractivity contribution in [3.8, 4) is 5.75 Å². The molecule has 8 heteroatoms. The Balaban J connectivity index is 2.28. The number of anilines is 1. The van der Waals surface area contributed by atoms with Crippen LogP contribution >= 0.6 is 0 Å². The van der Waals surface area contributed by atoms with Gasteiger partial charge in [-0.3, -0.25) is 14.5 Å². The van der Waals surface area contributed by atoms with Crippen LogP contribution in [0.3, 0.4) is 0 Å². The molecule has 0 saturated heterocycles. The monoisotopic (exact) mass is 348 g/mol. The molecule has 0 unspecified atom stereocenters. The van der Waals surface area contributed by atoms with Gasteiger partial charge in [0.1, 0.15) is 11.4 Å². The number of rotatable bonds is 8. The molecular weight excluding hydrogens is 328 g/mol. The van der Waals surface area contributed by atoms with Crippen LogP contribution in [0.25, 0.3) is 0 Å². The fourth-order valence-corrected chi connectivity index (χ4v) is 2.20. The first-order valence-electron chi connectivity index (χ1n) is 7.79. The van der Waals surface area contributed by atoms with Crippen molar-refractivity contribution < 1.29 is 29.3 Å². The van der Waals surface area contributed by atoms with Crippen molar-refractivity contribution in [1.82, 2.24) is 4.90 Å². The lowest BCUT2D eigenvalue weighted by Crippen LogP contribution is -2.34. The Labute approximate surface area is 144 Å². The van der Waals surface area contributed by atoms with E-state index in [9.17, 15) is 14.4 Å². The van der Waals surface area contributed by atoms with Gasteiger partial charge in [-0.05, 0) is 24.1 Å². The maximum absolute atomic E-state index is 12.2. The molecule has 0 aliphatic carbocycles. The maximum Gasteiger partial charge on any atom is 0.335 e. The third-order valence-electron chi connectivity index (χ3n) is 3.40. The van der Waals surface area contributed by atoms with E-state index in [1.54, 1.807) is 0 Å². The Bertz CT molecular complexity index is 726. The summed E-state index contributed by atoms with van der Waals surface area (Å²) in [6.07, 6.45) is 1.11. The Hall–Kier alpha value is -2.87. The summed E-state index contributed by atoms with van der Waals surface area (Å²) in [6, 6.07) is 4.24. The number of aliphatic hydroxyl groups excluding tert-OH is 1. The molecule has 25 heavy (non-hydrogen) atoms. The molecule has 1 aliphatic rings. The predicted octanol–water partition coefficient (Wildman–Crippen LogP) is 1.08. The van der Waals surface area contributed by atoms with Crippen molar-refractivity contribution in [2.45, 2.75) is 13.8 Å². The van der Waals surface area contributed by atoms with Crippen LogP contribution in [0, 0.1) is 5.92 Å². The van der Waals surface area contributed by atoms with Gasteiger partial charge in [0.25, 0.3) is 11.8 Å². The fourth-order valence-electron chi connectivity index (χ4n) is 2.20. The van der Waals surface area contributed by atoms with Gasteiger partial charge in [-0.2, -0.15) is 0 Å². The Morgan fingerprint density at radius 3 is 2.64 bits per heavy atom. The molecule has 0 aromatic heterocycles. The number of carbonyl (C=O) groups excluding carboxylic acids is 2. The van der Waals surface area contributed by atoms with E-state index < -0.39 is 17.8 Å². The molecule has 1 heterocycles. The van der Waals surface area contributed by atoms with Crippen LogP contribution in [0.4, 0.5) is 5.69 Å². The van der Waals surface area contributed by atoms with Gasteiger partial charge in [0.05, 0.1) is 31.0 Å². The number of hydrogen-bond acceptors (Lipinski definition) is 6. The molecule has 0 atom stereocenters. The van der Waals surface area contributed by atoms with E-state index in [0.717, 1.165) is 11.0 Å². The second-order valence-corrected chi connectivity index (χ2v) is 5.92. The number of nitrogens with one attached hydrogen (secondary N) is 1. The molecular formula is C17H20N2O6. The van der Waals surface area contributed by atoms with Crippen LogP contribution in [-0.2, 0) is 9.59 Å². The molecule has 8 nitrogen and oxygen atoms in total. The molecule has 0 bridgehead atoms. The molecule has 0 spiro atoms. The molecule has 2 rings (SSSR count). The fraction of sp³-hybridized carbons (Fsp3) is 0.353. The maximum atomic E-state index is 12.2. The molecule has 0 radical (unpaired) electrons. The summed E-state index contributed by atoms with van der Waals surface area (Å²) in [5, 5.41) is 20.8. The van der Waals surface area contributed by atoms with Crippen LogP contribution < -0.4 is 10.1 Å². The average molecular weight is 348 g/mol. The summed E-state index contributed by atoms with van der Waals surface area (Å²) >= 11 is 0. The second kappa shape index (κ2) is 7.80. The predicted molar refractivity (Wildman–Crippen MR) is 89.2 cm³/mol. The minimum atomic E-state index is -1.12. The van der Waals surface area contributed by atoms with Crippen molar-refractivity contribution in [2.24, 2.45) is 5.92 Å². The molecule has 134 valence electrons. The van der Waals surface area contributed by atoms with Crippen LogP contribution in [0.15, 0.2) is 30.0 Å². The molecule has 1 aromatic carbocycles. The molecule has 0 saturated carbocycles. The van der Waals surface area contributed by atoms with Crippen LogP contribution in [0.2, 0.25) is 0 Å². The third-order valence-corrected chi connectivity index (χ3v) is 3.40. The van der Waals surface area contributed by atoms with Crippen molar-refractivity contribution in [3.63, 3.8) is 0 Å². The van der Waals surface area contributed by atoms with Gasteiger partial charge in [0, 0.05) is 6.08 Å². The standard InChI is InChI=1S/C17H20N2O6/c1-10(2)9-25-14-4-3-11(17(23)24)7-12(14)18-13-8-15(21)19(5-6-20)16(13)22/h3-4,7-8,10,18,20H,5-6,9H2,1-2H3,(H,23,24). The van der Waals surface area contributed by atoms with Gasteiger partial charge < -0.3 is 20.3 Å². The number of carbonyl (C=O) groups is 3. The van der Waals surface area contributed by atoms with Crippen molar-refractivity contribution in [2.75, 3.05) is 25.1 Å². The third kappa shape index (κ3) is 4.36. The number of carboxylic acids is 1. The number of aromatic carboxylic acids is 1. The zero-order valence-electron chi connectivity index (χ0n) is 14.0. The summed E-state index contributed by atoms with van der Waals surface area (Å²) in [5.41, 5.74) is 0.290. The zero-order chi connectivity index (χ0) is 18.6. The topological polar surface area (TPSA) is 116 Å². The van der Waals surface area contributed by atoms with E-state index in [-0.39, 0.29) is 36.0 Å². The largest absolute Gasteiger partial charge is 0.491 e. The molecule has 1 aliphatic heterocycles. The lowest BCUT2D eigenvalue weighted by Gasteiger charge is -2.16. The zero-order valence-corrected chi connectivity index (χ0v) is 14.0. The SMILES string of the molecule is CC(C)COc1ccc(C(=O)O)cc1NC1=CC(=O)N(CCO)C1=O. The average Bonchev–Trinajstić information content (AvgIpc) is 2.81. The highest BCUT2D eigenvalue weighted by Crippen LogP contribution is 2.29. The molecule has 2 amide bonds. The number of imide groups is 1. The van der Waals surface area contributed by atoms with Gasteiger partial charge in [-0.1, -0.05) is 13.8 Å². The van der Waals surface area contributed by atoms with Crippen molar-refractivity contribution in [1.29, 1.82) is 0 Å². The van der Waals surface area contributed by atoms with Gasteiger partial charge in [0.2, 0.25) is 0 Å². The lowest BCUT2D eigenvalue weighted by molar-refractivity contribution is -0.137. The van der Waals surface area contributed by atoms with Gasteiger partial charge >= 0.3 is 5.97 Å². The van der Waals surface area contributed by atoms with E-state index >= 15 is 0 Å². The summed E-state index contributed by atoms with van der Waals surface area (Å²) in [4.78, 5) is 36.1. The van der Waals surface area contributed by atoms with E-state index in [2.05, 4.69) is 5.32 Å². The normalized spacial score (nSPS) is 14.1. The summed E-state index contributed by atoms with van der Waals surface area (Å²) < 4.78 is 5.65. The van der Waals surface area contributed by atoms with Crippen LogP contribution in [0.5, 0.6) is 5.75 Å². The lowest BCUT2D eigenvalue weighted by atomic mass is 10.1. The van der Waals surface area contributed by atoms with Crippen LogP contribution in [0.1, 0.15) is 24.2 Å². The first-order valence-corrected chi connectivity index (χ1v) is 7.79. The van der Waals surface area contributed by atoms with E-state index in [1.165, 1.54) is 18.2 Å². The number of β-amino-alcohol motifs (C(OH)–C–C–N with tert-alkyl or cyclic N) is 1. The number of ether oxygens (including phenoxy) is 1. The smallest absolute Gasteiger partial charge is 0.335 e. The van der Waals surface area contributed by atoms with Crippen molar-refractivity contribution >= 4 is 23.5 Å². The molecule has 3 N–H and O–H groups in total.